The highest BCUT2D eigenvalue weighted by atomic mass is 35.5. The van der Waals surface area contributed by atoms with E-state index in [4.69, 9.17) is 39.8 Å². The summed E-state index contributed by atoms with van der Waals surface area (Å²) in [7, 11) is 0. The Hall–Kier alpha value is -4.05. The largest absolute Gasteiger partial charge is 1.00 e. The maximum Gasteiger partial charge on any atom is 0.194 e. The van der Waals surface area contributed by atoms with Gasteiger partial charge in [0.2, 0.25) is 0 Å². The Morgan fingerprint density at radius 1 is 0.704 bits per heavy atom. The minimum atomic E-state index is 0. The summed E-state index contributed by atoms with van der Waals surface area (Å²) >= 11 is 0. The van der Waals surface area contributed by atoms with E-state index in [2.05, 4.69) is 70.7 Å². The van der Waals surface area contributed by atoms with Gasteiger partial charge in [0.15, 0.2) is 29.8 Å². The Bertz CT molecular complexity index is 1190. The number of hydrogen-bond donors (Lipinski definition) is 11. The maximum absolute atomic E-state index is 7.78. The van der Waals surface area contributed by atoms with Crippen molar-refractivity contribution in [1.29, 1.82) is 5.41 Å². The number of aliphatic imine (C=N–C) groups is 5. The Morgan fingerprint density at radius 2 is 1.33 bits per heavy atom. The van der Waals surface area contributed by atoms with Crippen molar-refractivity contribution in [2.45, 2.75) is 20.3 Å². The van der Waals surface area contributed by atoms with E-state index in [1.54, 1.807) is 0 Å². The summed E-state index contributed by atoms with van der Waals surface area (Å²) in [6, 6.07) is 0. The number of nitrogens with one attached hydrogen (secondary N) is 5. The van der Waals surface area contributed by atoms with Crippen LogP contribution in [0.25, 0.3) is 0 Å². The second-order valence-corrected chi connectivity index (χ2v) is 12.5. The molecule has 0 radical (unpaired) electrons. The number of nitrogens with two attached hydrogens (primary N) is 6. The number of nitrogens with zero attached hydrogens (tertiary/aromatic N) is 10. The fourth-order valence-corrected chi connectivity index (χ4v) is 6.01. The van der Waals surface area contributed by atoms with Crippen LogP contribution in [0, 0.1) is 5.41 Å². The summed E-state index contributed by atoms with van der Waals surface area (Å²) in [5.74, 6) is 4.39. The van der Waals surface area contributed by atoms with E-state index < -0.39 is 0 Å². The highest BCUT2D eigenvalue weighted by molar-refractivity contribution is 5.83. The van der Waals surface area contributed by atoms with E-state index in [9.17, 15) is 0 Å². The lowest BCUT2D eigenvalue weighted by Gasteiger charge is -2.22. The van der Waals surface area contributed by atoms with Crippen LogP contribution in [0.3, 0.4) is 0 Å². The SMILES string of the molecule is C.N=C1CCCN1CCN=C1NCCN1CCN=C(N)N.NCCN1CCN=C1NCCN1CCN=C1N.NCCNCCNC1=NCCN1CCN.[Cl-]. The normalized spacial score (nSPS) is 18.1. The first-order valence-electron chi connectivity index (χ1n) is 18.7. The van der Waals surface area contributed by atoms with Crippen LogP contribution in [-0.2, 0) is 0 Å². The Morgan fingerprint density at radius 3 is 1.91 bits per heavy atom. The summed E-state index contributed by atoms with van der Waals surface area (Å²) in [6.07, 6.45) is 2.00. The highest BCUT2D eigenvalue weighted by Crippen LogP contribution is 2.09. The number of guanidine groups is 5. The maximum atomic E-state index is 7.78. The number of halogens is 1. The Balaban J connectivity index is 0.000000402. The Kier molecular flexibility index (Phi) is 25.2. The van der Waals surface area contributed by atoms with Crippen LogP contribution in [0.15, 0.2) is 25.0 Å². The van der Waals surface area contributed by atoms with Crippen LogP contribution in [0.1, 0.15) is 20.3 Å². The van der Waals surface area contributed by atoms with Gasteiger partial charge in [0.1, 0.15) is 0 Å². The molecule has 17 N–H and O–H groups in total. The third kappa shape index (κ3) is 17.9. The first-order chi connectivity index (χ1) is 25.4. The molecule has 0 aliphatic carbocycles. The van der Waals surface area contributed by atoms with Gasteiger partial charge in [-0.15, -0.1) is 0 Å². The monoisotopic (exact) mass is 785 g/mol. The molecule has 5 rings (SSSR count). The van der Waals surface area contributed by atoms with E-state index in [0.29, 0.717) is 38.7 Å². The van der Waals surface area contributed by atoms with Gasteiger partial charge >= 0.3 is 0 Å². The minimum Gasteiger partial charge on any atom is -1.00 e. The molecular formula is C32H71ClN21-. The van der Waals surface area contributed by atoms with Crippen molar-refractivity contribution in [3.8, 4) is 0 Å². The van der Waals surface area contributed by atoms with Crippen molar-refractivity contribution in [3.05, 3.63) is 0 Å². The molecule has 21 nitrogen and oxygen atoms in total. The van der Waals surface area contributed by atoms with Gasteiger partial charge in [-0.2, -0.15) is 0 Å². The van der Waals surface area contributed by atoms with Crippen molar-refractivity contribution >= 4 is 35.6 Å². The average Bonchev–Trinajstić information content (AvgIpc) is 3.98. The summed E-state index contributed by atoms with van der Waals surface area (Å²) in [4.78, 5) is 32.2. The van der Waals surface area contributed by atoms with Crippen LogP contribution in [0.2, 0.25) is 0 Å². The summed E-state index contributed by atoms with van der Waals surface area (Å²) < 4.78 is 0. The van der Waals surface area contributed by atoms with Gasteiger partial charge in [-0.05, 0) is 6.42 Å². The van der Waals surface area contributed by atoms with E-state index >= 15 is 0 Å². The van der Waals surface area contributed by atoms with Crippen molar-refractivity contribution in [2.75, 3.05) is 151 Å². The molecule has 0 saturated carbocycles. The summed E-state index contributed by atoms with van der Waals surface area (Å²) in [6.45, 7) is 19.2. The molecule has 22 heteroatoms. The van der Waals surface area contributed by atoms with Gasteiger partial charge in [-0.1, -0.05) is 7.43 Å². The van der Waals surface area contributed by atoms with Crippen molar-refractivity contribution in [3.63, 3.8) is 0 Å². The first kappa shape index (κ1) is 48.0. The second-order valence-electron chi connectivity index (χ2n) is 12.5. The fraction of sp³-hybridized carbons (Fsp3) is 0.812. The molecule has 2 fully saturated rings. The standard InChI is InChI=1S/C12H24N8.C10H21N7.C9H22N6.CH4.ClH/c13-10-2-1-6-19(10)7-4-17-12-18-5-9-20(12)8-3-16-11(14)15;11-1-5-17-8-4-15-10(17)14-3-7-16-6-2-13-9(16)12;10-1-3-12-4-5-13-9-14-6-8-15(9)7-2-11;;/h13H,1-9H2,(H,17,18)(H4,14,15,16);1-8,11H2,(H2,12,13)(H,14,15);12H,1-8,10-11H2,(H,13,14);1H4;1H/p-1. The molecule has 0 aromatic heterocycles. The average molecular weight is 786 g/mol. The van der Waals surface area contributed by atoms with E-state index in [1.807, 2.05) is 0 Å². The van der Waals surface area contributed by atoms with E-state index in [1.165, 1.54) is 0 Å². The molecule has 0 atom stereocenters. The summed E-state index contributed by atoms with van der Waals surface area (Å²) in [5, 5.41) is 20.9. The lowest BCUT2D eigenvalue weighted by Crippen LogP contribution is -3.00. The molecule has 5 aliphatic rings. The molecule has 312 valence electrons. The van der Waals surface area contributed by atoms with Crippen LogP contribution in [-0.4, -0.2) is 211 Å². The lowest BCUT2D eigenvalue weighted by molar-refractivity contribution is -0.0000127. The number of amidine groups is 1. The smallest absolute Gasteiger partial charge is 0.194 e. The predicted molar refractivity (Wildman–Crippen MR) is 220 cm³/mol. The first-order valence-corrected chi connectivity index (χ1v) is 18.7. The molecule has 5 aliphatic heterocycles. The fourth-order valence-electron chi connectivity index (χ4n) is 6.01. The van der Waals surface area contributed by atoms with E-state index in [-0.39, 0.29) is 25.8 Å². The lowest BCUT2D eigenvalue weighted by atomic mass is 10.4. The van der Waals surface area contributed by atoms with Crippen LogP contribution < -0.4 is 68.1 Å². The second kappa shape index (κ2) is 28.4. The molecule has 2 saturated heterocycles. The summed E-state index contributed by atoms with van der Waals surface area (Å²) in [5.41, 5.74) is 32.8. The van der Waals surface area contributed by atoms with Gasteiger partial charge in [-0.3, -0.25) is 30.4 Å². The van der Waals surface area contributed by atoms with Crippen molar-refractivity contribution < 1.29 is 12.4 Å². The van der Waals surface area contributed by atoms with Gasteiger partial charge in [0.05, 0.1) is 38.6 Å². The third-order valence-corrected chi connectivity index (χ3v) is 8.68. The van der Waals surface area contributed by atoms with Gasteiger partial charge in [-0.25, -0.2) is 0 Å². The number of rotatable bonds is 18. The molecule has 0 unspecified atom stereocenters. The number of hydrogen-bond acceptors (Lipinski definition) is 16. The molecule has 54 heavy (non-hydrogen) atoms. The predicted octanol–water partition coefficient (Wildman–Crippen LogP) is -8.17. The zero-order valence-electron chi connectivity index (χ0n) is 31.5. The van der Waals surface area contributed by atoms with Crippen molar-refractivity contribution in [1.82, 2.24) is 45.8 Å². The topological polar surface area (TPSA) is 306 Å². The molecule has 0 amide bonds. The number of likely N-dealkylation sites (tertiary alicyclic amines) is 1. The molecule has 0 aromatic rings. The molecule has 0 spiro atoms. The quantitative estimate of drug-likeness (QED) is 0.0350. The van der Waals surface area contributed by atoms with Gasteiger partial charge in [0, 0.05) is 124 Å². The Labute approximate surface area is 328 Å². The van der Waals surface area contributed by atoms with Crippen LogP contribution >= 0.6 is 0 Å². The third-order valence-electron chi connectivity index (χ3n) is 8.68. The molecule has 0 bridgehead atoms. The zero-order valence-corrected chi connectivity index (χ0v) is 32.2. The molecule has 5 heterocycles. The van der Waals surface area contributed by atoms with E-state index in [0.717, 1.165) is 154 Å². The highest BCUT2D eigenvalue weighted by Gasteiger charge is 2.20. The molecular weight excluding hydrogens is 714 g/mol. The van der Waals surface area contributed by atoms with Crippen LogP contribution in [0.4, 0.5) is 0 Å². The molecule has 0 aromatic carbocycles. The minimum absolute atomic E-state index is 0. The van der Waals surface area contributed by atoms with Crippen molar-refractivity contribution in [2.24, 2.45) is 59.4 Å². The van der Waals surface area contributed by atoms with Gasteiger partial charge < -0.3 is 92.6 Å². The zero-order chi connectivity index (χ0) is 37.4. The van der Waals surface area contributed by atoms with Crippen LogP contribution in [0.5, 0.6) is 0 Å². The van der Waals surface area contributed by atoms with Gasteiger partial charge in [0.25, 0.3) is 0 Å².